The number of ether oxygens (including phenoxy) is 1. The maximum absolute atomic E-state index is 13.4. The van der Waals surface area contributed by atoms with Crippen molar-refractivity contribution >= 4 is 5.78 Å². The van der Waals surface area contributed by atoms with E-state index in [1.54, 1.807) is 0 Å². The number of Topliss-reactive ketones (excluding diaryl/α,β-unsaturated/α-hetero) is 1. The molecule has 0 heterocycles. The van der Waals surface area contributed by atoms with E-state index in [9.17, 15) is 13.6 Å². The van der Waals surface area contributed by atoms with Crippen LogP contribution in [-0.2, 0) is 0 Å². The second-order valence-corrected chi connectivity index (χ2v) is 3.97. The summed E-state index contributed by atoms with van der Waals surface area (Å²) in [7, 11) is 0. The Morgan fingerprint density at radius 3 is 2.45 bits per heavy atom. The Morgan fingerprint density at radius 1 is 1.15 bits per heavy atom. The van der Waals surface area contributed by atoms with Crippen LogP contribution in [0.3, 0.4) is 0 Å². The van der Waals surface area contributed by atoms with Gasteiger partial charge in [-0.2, -0.15) is 5.26 Å². The fourth-order valence-electron chi connectivity index (χ4n) is 1.57. The van der Waals surface area contributed by atoms with E-state index in [1.807, 2.05) is 6.07 Å². The van der Waals surface area contributed by atoms with Crippen LogP contribution in [0, 0.1) is 23.0 Å². The summed E-state index contributed by atoms with van der Waals surface area (Å²) in [5.41, 5.74) is 0.244. The number of carbonyl (C=O) groups excluding carboxylic acids is 1. The fraction of sp³-hybridized carbons (Fsp3) is 0.0667. The summed E-state index contributed by atoms with van der Waals surface area (Å²) < 4.78 is 31.3. The van der Waals surface area contributed by atoms with Crippen molar-refractivity contribution < 1.29 is 18.3 Å². The standard InChI is InChI=1S/C15H9F2NO2/c16-11-3-6-13(14(17)7-11)15(19)9-20-12-4-1-10(8-18)2-5-12/h1-7H,9H2. The summed E-state index contributed by atoms with van der Waals surface area (Å²) in [6.07, 6.45) is 0. The van der Waals surface area contributed by atoms with Crippen molar-refractivity contribution in [2.45, 2.75) is 0 Å². The Hall–Kier alpha value is -2.74. The summed E-state index contributed by atoms with van der Waals surface area (Å²) in [5.74, 6) is -1.86. The quantitative estimate of drug-likeness (QED) is 0.804. The first-order chi connectivity index (χ1) is 9.60. The number of benzene rings is 2. The average Bonchev–Trinajstić information content (AvgIpc) is 2.45. The molecule has 0 aliphatic heterocycles. The number of nitriles is 1. The van der Waals surface area contributed by atoms with Gasteiger partial charge < -0.3 is 4.74 Å². The molecule has 0 spiro atoms. The summed E-state index contributed by atoms with van der Waals surface area (Å²) in [6.45, 7) is -0.367. The van der Waals surface area contributed by atoms with Crippen molar-refractivity contribution in [3.63, 3.8) is 0 Å². The van der Waals surface area contributed by atoms with Crippen LogP contribution in [0.1, 0.15) is 15.9 Å². The molecule has 0 N–H and O–H groups in total. The number of ketones is 1. The number of carbonyl (C=O) groups is 1. The molecule has 0 saturated heterocycles. The van der Waals surface area contributed by atoms with Gasteiger partial charge in [-0.15, -0.1) is 0 Å². The van der Waals surface area contributed by atoms with Gasteiger partial charge >= 0.3 is 0 Å². The van der Waals surface area contributed by atoms with Crippen molar-refractivity contribution in [3.8, 4) is 11.8 Å². The molecule has 3 nitrogen and oxygen atoms in total. The first kappa shape index (κ1) is 13.7. The maximum Gasteiger partial charge on any atom is 0.203 e. The molecule has 0 bridgehead atoms. The zero-order valence-corrected chi connectivity index (χ0v) is 10.3. The minimum absolute atomic E-state index is 0.222. The lowest BCUT2D eigenvalue weighted by Gasteiger charge is -2.06. The van der Waals surface area contributed by atoms with Gasteiger partial charge in [-0.05, 0) is 36.4 Å². The Balaban J connectivity index is 2.03. The van der Waals surface area contributed by atoms with Crippen LogP contribution in [0.4, 0.5) is 8.78 Å². The second kappa shape index (κ2) is 5.93. The Kier molecular flexibility index (Phi) is 4.06. The van der Waals surface area contributed by atoms with Crippen molar-refractivity contribution in [1.82, 2.24) is 0 Å². The van der Waals surface area contributed by atoms with Crippen LogP contribution in [0.5, 0.6) is 5.75 Å². The largest absolute Gasteiger partial charge is 0.485 e. The highest BCUT2D eigenvalue weighted by atomic mass is 19.1. The smallest absolute Gasteiger partial charge is 0.203 e. The topological polar surface area (TPSA) is 50.1 Å². The molecule has 0 saturated carbocycles. The molecule has 0 amide bonds. The number of halogens is 2. The molecule has 0 aliphatic rings. The van der Waals surface area contributed by atoms with Gasteiger partial charge in [0.15, 0.2) is 6.61 Å². The molecule has 0 aliphatic carbocycles. The third-order valence-electron chi connectivity index (χ3n) is 2.58. The third kappa shape index (κ3) is 3.18. The summed E-state index contributed by atoms with van der Waals surface area (Å²) >= 11 is 0. The van der Waals surface area contributed by atoms with Crippen LogP contribution in [0.25, 0.3) is 0 Å². The zero-order valence-electron chi connectivity index (χ0n) is 10.3. The molecule has 100 valence electrons. The normalized spacial score (nSPS) is 9.85. The predicted octanol–water partition coefficient (Wildman–Crippen LogP) is 3.10. The van der Waals surface area contributed by atoms with E-state index in [-0.39, 0.29) is 12.2 Å². The van der Waals surface area contributed by atoms with E-state index >= 15 is 0 Å². The molecule has 0 unspecified atom stereocenters. The molecule has 0 radical (unpaired) electrons. The summed E-state index contributed by atoms with van der Waals surface area (Å²) in [6, 6.07) is 10.8. The van der Waals surface area contributed by atoms with E-state index in [0.717, 1.165) is 12.1 Å². The van der Waals surface area contributed by atoms with Crippen LogP contribution < -0.4 is 4.74 Å². The monoisotopic (exact) mass is 273 g/mol. The summed E-state index contributed by atoms with van der Waals surface area (Å²) in [5, 5.41) is 8.63. The first-order valence-electron chi connectivity index (χ1n) is 5.71. The number of nitrogens with zero attached hydrogens (tertiary/aromatic N) is 1. The molecule has 2 rings (SSSR count). The van der Waals surface area contributed by atoms with Gasteiger partial charge in [0.05, 0.1) is 17.2 Å². The van der Waals surface area contributed by atoms with E-state index in [1.165, 1.54) is 24.3 Å². The van der Waals surface area contributed by atoms with E-state index < -0.39 is 17.4 Å². The van der Waals surface area contributed by atoms with E-state index in [2.05, 4.69) is 0 Å². The van der Waals surface area contributed by atoms with Gasteiger partial charge in [0.2, 0.25) is 5.78 Å². The first-order valence-corrected chi connectivity index (χ1v) is 5.71. The van der Waals surface area contributed by atoms with Gasteiger partial charge in [-0.3, -0.25) is 4.79 Å². The maximum atomic E-state index is 13.4. The molecule has 2 aromatic rings. The van der Waals surface area contributed by atoms with Crippen molar-refractivity contribution in [2.75, 3.05) is 6.61 Å². The lowest BCUT2D eigenvalue weighted by Crippen LogP contribution is -2.13. The average molecular weight is 273 g/mol. The zero-order chi connectivity index (χ0) is 14.5. The van der Waals surface area contributed by atoms with Gasteiger partial charge in [0.25, 0.3) is 0 Å². The van der Waals surface area contributed by atoms with Crippen molar-refractivity contribution in [3.05, 3.63) is 65.2 Å². The van der Waals surface area contributed by atoms with Crippen molar-refractivity contribution in [1.29, 1.82) is 5.26 Å². The lowest BCUT2D eigenvalue weighted by atomic mass is 10.1. The van der Waals surface area contributed by atoms with Crippen LogP contribution in [0.2, 0.25) is 0 Å². The molecule has 0 atom stereocenters. The Morgan fingerprint density at radius 2 is 1.85 bits per heavy atom. The SMILES string of the molecule is N#Cc1ccc(OCC(=O)c2ccc(F)cc2F)cc1. The number of hydrogen-bond acceptors (Lipinski definition) is 3. The minimum atomic E-state index is -0.918. The molecular formula is C15H9F2NO2. The highest BCUT2D eigenvalue weighted by Crippen LogP contribution is 2.14. The fourth-order valence-corrected chi connectivity index (χ4v) is 1.57. The van der Waals surface area contributed by atoms with E-state index in [0.29, 0.717) is 17.4 Å². The number of rotatable bonds is 4. The van der Waals surface area contributed by atoms with Gasteiger partial charge in [-0.25, -0.2) is 8.78 Å². The molecule has 0 aromatic heterocycles. The van der Waals surface area contributed by atoms with Crippen LogP contribution in [0.15, 0.2) is 42.5 Å². The second-order valence-electron chi connectivity index (χ2n) is 3.97. The van der Waals surface area contributed by atoms with Crippen LogP contribution >= 0.6 is 0 Å². The molecule has 2 aromatic carbocycles. The lowest BCUT2D eigenvalue weighted by molar-refractivity contribution is 0.0917. The highest BCUT2D eigenvalue weighted by molar-refractivity contribution is 5.97. The van der Waals surface area contributed by atoms with Gasteiger partial charge in [0, 0.05) is 6.07 Å². The van der Waals surface area contributed by atoms with Crippen LogP contribution in [-0.4, -0.2) is 12.4 Å². The summed E-state index contributed by atoms with van der Waals surface area (Å²) in [4.78, 5) is 11.7. The highest BCUT2D eigenvalue weighted by Gasteiger charge is 2.13. The Bertz CT molecular complexity index is 675. The predicted molar refractivity (Wildman–Crippen MR) is 67.3 cm³/mol. The molecule has 20 heavy (non-hydrogen) atoms. The third-order valence-corrected chi connectivity index (χ3v) is 2.58. The van der Waals surface area contributed by atoms with Gasteiger partial charge in [-0.1, -0.05) is 0 Å². The Labute approximate surface area is 114 Å². The number of hydrogen-bond donors (Lipinski definition) is 0. The molecule has 0 fully saturated rings. The molecule has 5 heteroatoms. The van der Waals surface area contributed by atoms with Crippen molar-refractivity contribution in [2.24, 2.45) is 0 Å². The van der Waals surface area contributed by atoms with Gasteiger partial charge in [0.1, 0.15) is 17.4 Å². The van der Waals surface area contributed by atoms with E-state index in [4.69, 9.17) is 10.00 Å². The molecular weight excluding hydrogens is 264 g/mol. The minimum Gasteiger partial charge on any atom is -0.485 e.